The maximum absolute atomic E-state index is 13.5. The van der Waals surface area contributed by atoms with Gasteiger partial charge in [-0.25, -0.2) is 14.4 Å². The number of fused-ring (bicyclic) bond motifs is 1. The van der Waals surface area contributed by atoms with Crippen molar-refractivity contribution in [2.24, 2.45) is 0 Å². The van der Waals surface area contributed by atoms with Gasteiger partial charge in [0.15, 0.2) is 16.7 Å². The number of nitrogens with one attached hydrogen (secondary N) is 1. The Morgan fingerprint density at radius 3 is 2.67 bits per heavy atom. The fourth-order valence-electron chi connectivity index (χ4n) is 3.78. The normalized spacial score (nSPS) is 14.5. The number of hydrogen-bond donors (Lipinski definition) is 1. The second kappa shape index (κ2) is 10.6. The lowest BCUT2D eigenvalue weighted by molar-refractivity contribution is 0.253. The molecule has 0 atom stereocenters. The molecule has 3 aromatic rings. The monoisotopic (exact) mass is 433 g/mol. The number of methoxy groups -OCH3 is 1. The van der Waals surface area contributed by atoms with Crippen molar-refractivity contribution in [3.05, 3.63) is 47.3 Å². The van der Waals surface area contributed by atoms with Crippen molar-refractivity contribution >= 4 is 28.3 Å². The van der Waals surface area contributed by atoms with Crippen molar-refractivity contribution in [3.63, 3.8) is 0 Å². The zero-order chi connectivity index (χ0) is 21.5. The minimum absolute atomic E-state index is 0.190. The molecule has 0 unspecified atom stereocenters. The van der Waals surface area contributed by atoms with Crippen LogP contribution in [-0.2, 0) is 6.42 Å². The van der Waals surface area contributed by atoms with Crippen LogP contribution in [0.4, 0.5) is 10.2 Å². The van der Waals surface area contributed by atoms with Crippen LogP contribution in [0.25, 0.3) is 10.9 Å². The van der Waals surface area contributed by atoms with Crippen molar-refractivity contribution in [2.45, 2.75) is 26.7 Å². The van der Waals surface area contributed by atoms with Gasteiger partial charge in [-0.3, -0.25) is 4.90 Å². The Morgan fingerprint density at radius 1 is 1.17 bits per heavy atom. The minimum atomic E-state index is -0.190. The molecular formula is C22H29ClFN5O. The third kappa shape index (κ3) is 5.02. The SMILES string of the molecule is CC.COc1c(Cl)ncnc1N1CCN(CCCc2c[nH]c3ccc(F)cc23)CC1. The highest BCUT2D eigenvalue weighted by molar-refractivity contribution is 6.31. The molecule has 6 nitrogen and oxygen atoms in total. The van der Waals surface area contributed by atoms with E-state index >= 15 is 0 Å². The predicted molar refractivity (Wildman–Crippen MR) is 120 cm³/mol. The summed E-state index contributed by atoms with van der Waals surface area (Å²) in [7, 11) is 1.58. The number of benzene rings is 1. The Bertz CT molecular complexity index is 956. The Morgan fingerprint density at radius 2 is 1.93 bits per heavy atom. The third-order valence-electron chi connectivity index (χ3n) is 5.27. The second-order valence-electron chi connectivity index (χ2n) is 6.96. The van der Waals surface area contributed by atoms with Crippen LogP contribution in [0.5, 0.6) is 5.75 Å². The molecule has 1 aromatic carbocycles. The van der Waals surface area contributed by atoms with Crippen LogP contribution < -0.4 is 9.64 Å². The molecule has 1 N–H and O–H groups in total. The Kier molecular flexibility index (Phi) is 7.87. The molecule has 0 bridgehead atoms. The molecule has 162 valence electrons. The number of halogens is 2. The Hall–Kier alpha value is -2.38. The number of H-pyrrole nitrogens is 1. The number of nitrogens with zero attached hydrogens (tertiary/aromatic N) is 4. The molecule has 4 rings (SSSR count). The summed E-state index contributed by atoms with van der Waals surface area (Å²) in [5.41, 5.74) is 2.16. The van der Waals surface area contributed by atoms with Gasteiger partial charge in [-0.05, 0) is 43.1 Å². The number of aromatic amines is 1. The van der Waals surface area contributed by atoms with E-state index in [9.17, 15) is 4.39 Å². The predicted octanol–water partition coefficient (Wildman–Crippen LogP) is 4.54. The number of aryl methyl sites for hydroxylation is 1. The van der Waals surface area contributed by atoms with Crippen LogP contribution in [0.3, 0.4) is 0 Å². The molecule has 0 aliphatic carbocycles. The number of aromatic nitrogens is 3. The first-order chi connectivity index (χ1) is 14.7. The van der Waals surface area contributed by atoms with Crippen LogP contribution in [-0.4, -0.2) is 59.7 Å². The average molecular weight is 434 g/mol. The van der Waals surface area contributed by atoms with Gasteiger partial charge in [-0.2, -0.15) is 0 Å². The zero-order valence-corrected chi connectivity index (χ0v) is 18.5. The summed E-state index contributed by atoms with van der Waals surface area (Å²) < 4.78 is 18.9. The lowest BCUT2D eigenvalue weighted by Gasteiger charge is -2.35. The van der Waals surface area contributed by atoms with E-state index in [-0.39, 0.29) is 5.82 Å². The largest absolute Gasteiger partial charge is 0.490 e. The third-order valence-corrected chi connectivity index (χ3v) is 5.54. The molecule has 3 heterocycles. The summed E-state index contributed by atoms with van der Waals surface area (Å²) in [5, 5.41) is 1.32. The van der Waals surface area contributed by atoms with Gasteiger partial charge in [-0.1, -0.05) is 25.4 Å². The fraction of sp³-hybridized carbons (Fsp3) is 0.455. The van der Waals surface area contributed by atoms with Gasteiger partial charge in [0.1, 0.15) is 12.1 Å². The highest BCUT2D eigenvalue weighted by Crippen LogP contribution is 2.31. The summed E-state index contributed by atoms with van der Waals surface area (Å²) in [5.74, 6) is 1.09. The van der Waals surface area contributed by atoms with Crippen LogP contribution >= 0.6 is 11.6 Å². The first-order valence-corrected chi connectivity index (χ1v) is 10.8. The van der Waals surface area contributed by atoms with Crippen molar-refractivity contribution < 1.29 is 9.13 Å². The van der Waals surface area contributed by atoms with Gasteiger partial charge in [0.2, 0.25) is 0 Å². The molecule has 2 aromatic heterocycles. The molecule has 1 saturated heterocycles. The molecule has 1 aliphatic heterocycles. The van der Waals surface area contributed by atoms with E-state index in [2.05, 4.69) is 24.8 Å². The van der Waals surface area contributed by atoms with E-state index < -0.39 is 0 Å². The van der Waals surface area contributed by atoms with Gasteiger partial charge in [-0.15, -0.1) is 0 Å². The van der Waals surface area contributed by atoms with Crippen molar-refractivity contribution in [1.29, 1.82) is 0 Å². The molecule has 0 amide bonds. The van der Waals surface area contributed by atoms with Crippen molar-refractivity contribution in [1.82, 2.24) is 19.9 Å². The smallest absolute Gasteiger partial charge is 0.199 e. The molecule has 8 heteroatoms. The first-order valence-electron chi connectivity index (χ1n) is 10.4. The van der Waals surface area contributed by atoms with E-state index in [1.165, 1.54) is 18.0 Å². The molecule has 1 fully saturated rings. The van der Waals surface area contributed by atoms with Gasteiger partial charge >= 0.3 is 0 Å². The van der Waals surface area contributed by atoms with Gasteiger partial charge in [0.05, 0.1) is 7.11 Å². The summed E-state index contributed by atoms with van der Waals surface area (Å²) >= 11 is 6.11. The maximum atomic E-state index is 13.5. The summed E-state index contributed by atoms with van der Waals surface area (Å²) in [6.45, 7) is 8.64. The van der Waals surface area contributed by atoms with Crippen molar-refractivity contribution in [3.8, 4) is 5.75 Å². The fourth-order valence-corrected chi connectivity index (χ4v) is 3.98. The number of rotatable bonds is 6. The van der Waals surface area contributed by atoms with E-state index in [1.54, 1.807) is 19.2 Å². The maximum Gasteiger partial charge on any atom is 0.199 e. The summed E-state index contributed by atoms with van der Waals surface area (Å²) in [6, 6.07) is 4.89. The van der Waals surface area contributed by atoms with Crippen molar-refractivity contribution in [2.75, 3.05) is 44.7 Å². The molecule has 0 spiro atoms. The number of ether oxygens (including phenoxy) is 1. The van der Waals surface area contributed by atoms with Crippen LogP contribution in [0, 0.1) is 5.82 Å². The zero-order valence-electron chi connectivity index (χ0n) is 17.8. The Balaban J connectivity index is 0.00000124. The minimum Gasteiger partial charge on any atom is -0.490 e. The average Bonchev–Trinajstić information content (AvgIpc) is 3.17. The lowest BCUT2D eigenvalue weighted by atomic mass is 10.1. The molecule has 30 heavy (non-hydrogen) atoms. The van der Waals surface area contributed by atoms with E-state index in [4.69, 9.17) is 16.3 Å². The first kappa shape index (κ1) is 22.3. The summed E-state index contributed by atoms with van der Waals surface area (Å²) in [6.07, 6.45) is 5.43. The molecular weight excluding hydrogens is 405 g/mol. The number of piperazine rings is 1. The lowest BCUT2D eigenvalue weighted by Crippen LogP contribution is -2.47. The molecule has 0 radical (unpaired) electrons. The van der Waals surface area contributed by atoms with Crippen LogP contribution in [0.1, 0.15) is 25.8 Å². The Labute approximate surface area is 182 Å². The molecule has 1 aliphatic rings. The highest BCUT2D eigenvalue weighted by atomic mass is 35.5. The number of anilines is 1. The summed E-state index contributed by atoms with van der Waals surface area (Å²) in [4.78, 5) is 16.2. The van der Waals surface area contributed by atoms with Gasteiger partial charge < -0.3 is 14.6 Å². The van der Waals surface area contributed by atoms with E-state index in [0.29, 0.717) is 10.9 Å². The number of hydrogen-bond acceptors (Lipinski definition) is 5. The molecule has 0 saturated carbocycles. The topological polar surface area (TPSA) is 57.3 Å². The highest BCUT2D eigenvalue weighted by Gasteiger charge is 2.22. The van der Waals surface area contributed by atoms with Gasteiger partial charge in [0.25, 0.3) is 0 Å². The van der Waals surface area contributed by atoms with Crippen LogP contribution in [0.2, 0.25) is 5.15 Å². The standard InChI is InChI=1S/C20H23ClFN5O.C2H6/c1-28-18-19(21)24-13-25-20(18)27-9-7-26(8-10-27)6-2-3-14-12-23-17-5-4-15(22)11-16(14)17;1-2/h4-5,11-13,23H,2-3,6-10H2,1H3;1-2H3. The van der Waals surface area contributed by atoms with Gasteiger partial charge in [0, 0.05) is 43.3 Å². The quantitative estimate of drug-likeness (QED) is 0.578. The van der Waals surface area contributed by atoms with Crippen LogP contribution in [0.15, 0.2) is 30.7 Å². The van der Waals surface area contributed by atoms with E-state index in [0.717, 1.165) is 62.3 Å². The van der Waals surface area contributed by atoms with E-state index in [1.807, 2.05) is 20.0 Å². The second-order valence-corrected chi connectivity index (χ2v) is 7.32.